The minimum atomic E-state index is -0.476. The molecule has 0 saturated carbocycles. The molecule has 0 aromatic heterocycles. The van der Waals surface area contributed by atoms with E-state index < -0.39 is 5.41 Å². The van der Waals surface area contributed by atoms with Crippen LogP contribution in [0.25, 0.3) is 0 Å². The number of nitrogens with two attached hydrogens (primary N) is 1. The molecule has 2 atom stereocenters. The summed E-state index contributed by atoms with van der Waals surface area (Å²) < 4.78 is 5.98. The number of hydrogen-bond acceptors (Lipinski definition) is 4. The summed E-state index contributed by atoms with van der Waals surface area (Å²) in [6.07, 6.45) is 3.26. The number of carbonyl (C=O) groups is 1. The lowest BCUT2D eigenvalue weighted by Crippen LogP contribution is -2.50. The highest BCUT2D eigenvalue weighted by Gasteiger charge is 2.40. The Bertz CT molecular complexity index is 314. The number of thioether (sulfide) groups is 1. The molecular weight excluding hydrogens is 248 g/mol. The second-order valence-electron chi connectivity index (χ2n) is 6.15. The predicted molar refractivity (Wildman–Crippen MR) is 74.6 cm³/mol. The fourth-order valence-corrected chi connectivity index (χ4v) is 3.93. The predicted octanol–water partition coefficient (Wildman–Crippen LogP) is 1.14. The average Bonchev–Trinajstić information content (AvgIpc) is 2.75. The molecule has 0 bridgehead atoms. The molecule has 0 aromatic carbocycles. The maximum absolute atomic E-state index is 11.3. The Balaban J connectivity index is 1.85. The van der Waals surface area contributed by atoms with Gasteiger partial charge in [-0.25, -0.2) is 0 Å². The van der Waals surface area contributed by atoms with E-state index in [9.17, 15) is 4.79 Å². The first-order valence-corrected chi connectivity index (χ1v) is 7.84. The van der Waals surface area contributed by atoms with E-state index in [1.807, 2.05) is 25.6 Å². The summed E-state index contributed by atoms with van der Waals surface area (Å²) in [5.74, 6) is 2.08. The molecule has 5 heteroatoms. The van der Waals surface area contributed by atoms with E-state index in [2.05, 4.69) is 5.32 Å². The number of ether oxygens (including phenoxy) is 1. The van der Waals surface area contributed by atoms with Crippen LogP contribution in [0, 0.1) is 5.41 Å². The molecule has 2 aliphatic heterocycles. The van der Waals surface area contributed by atoms with Crippen LogP contribution in [-0.4, -0.2) is 42.2 Å². The lowest BCUT2D eigenvalue weighted by atomic mass is 9.88. The van der Waals surface area contributed by atoms with Gasteiger partial charge in [-0.1, -0.05) is 0 Å². The van der Waals surface area contributed by atoms with Gasteiger partial charge in [0.25, 0.3) is 0 Å². The van der Waals surface area contributed by atoms with Crippen LogP contribution in [0.15, 0.2) is 0 Å². The first-order valence-electron chi connectivity index (χ1n) is 6.69. The van der Waals surface area contributed by atoms with Gasteiger partial charge in [-0.3, -0.25) is 4.79 Å². The van der Waals surface area contributed by atoms with Crippen LogP contribution in [0.5, 0.6) is 0 Å². The van der Waals surface area contributed by atoms with Gasteiger partial charge in [0, 0.05) is 24.9 Å². The van der Waals surface area contributed by atoms with Crippen LogP contribution in [0.1, 0.15) is 33.1 Å². The van der Waals surface area contributed by atoms with Crippen LogP contribution in [0.4, 0.5) is 0 Å². The van der Waals surface area contributed by atoms with E-state index in [4.69, 9.17) is 10.5 Å². The Hall–Kier alpha value is -0.260. The van der Waals surface area contributed by atoms with E-state index in [0.717, 1.165) is 31.6 Å². The molecule has 4 nitrogen and oxygen atoms in total. The minimum absolute atomic E-state index is 0.0947. The number of rotatable bonds is 4. The van der Waals surface area contributed by atoms with Crippen molar-refractivity contribution in [3.05, 3.63) is 0 Å². The summed E-state index contributed by atoms with van der Waals surface area (Å²) in [4.78, 5) is 11.3. The van der Waals surface area contributed by atoms with Crippen LogP contribution < -0.4 is 11.1 Å². The van der Waals surface area contributed by atoms with E-state index in [1.54, 1.807) is 0 Å². The zero-order valence-corrected chi connectivity index (χ0v) is 12.1. The van der Waals surface area contributed by atoms with Crippen LogP contribution in [0.2, 0.25) is 0 Å². The first kappa shape index (κ1) is 14.2. The molecule has 2 fully saturated rings. The van der Waals surface area contributed by atoms with Gasteiger partial charge in [0.1, 0.15) is 0 Å². The summed E-state index contributed by atoms with van der Waals surface area (Å²) in [7, 11) is 0. The second kappa shape index (κ2) is 5.39. The minimum Gasteiger partial charge on any atom is -0.374 e. The molecule has 0 radical (unpaired) electrons. The number of nitrogens with one attached hydrogen (secondary N) is 1. The monoisotopic (exact) mass is 272 g/mol. The third-order valence-electron chi connectivity index (χ3n) is 4.06. The summed E-state index contributed by atoms with van der Waals surface area (Å²) in [5, 5.41) is 3.50. The van der Waals surface area contributed by atoms with Crippen molar-refractivity contribution in [2.24, 2.45) is 11.1 Å². The molecule has 18 heavy (non-hydrogen) atoms. The quantitative estimate of drug-likeness (QED) is 0.805. The smallest absolute Gasteiger partial charge is 0.224 e. The van der Waals surface area contributed by atoms with E-state index in [-0.39, 0.29) is 11.5 Å². The summed E-state index contributed by atoms with van der Waals surface area (Å²) >= 11 is 1.98. The zero-order chi connectivity index (χ0) is 13.2. The topological polar surface area (TPSA) is 64.3 Å². The van der Waals surface area contributed by atoms with Gasteiger partial charge in [0.2, 0.25) is 5.91 Å². The van der Waals surface area contributed by atoms with Crippen molar-refractivity contribution in [1.29, 1.82) is 0 Å². The number of carbonyl (C=O) groups excluding carboxylic acids is 1. The summed E-state index contributed by atoms with van der Waals surface area (Å²) in [5.41, 5.74) is 5.01. The molecule has 104 valence electrons. The third-order valence-corrected chi connectivity index (χ3v) is 5.28. The standard InChI is InChI=1S/C13H24N2O2S/c1-12(2,11(14)16)8-15-10-3-5-17-13(7-10)4-6-18-9-13/h10,15H,3-9H2,1-2H3,(H2,14,16). The van der Waals surface area contributed by atoms with Crippen molar-refractivity contribution >= 4 is 17.7 Å². The summed E-state index contributed by atoms with van der Waals surface area (Å²) in [6, 6.07) is 0.455. The highest BCUT2D eigenvalue weighted by Crippen LogP contribution is 2.38. The molecule has 1 amide bonds. The van der Waals surface area contributed by atoms with Gasteiger partial charge >= 0.3 is 0 Å². The molecule has 2 saturated heterocycles. The highest BCUT2D eigenvalue weighted by atomic mass is 32.2. The van der Waals surface area contributed by atoms with Crippen molar-refractivity contribution < 1.29 is 9.53 Å². The molecular formula is C13H24N2O2S. The van der Waals surface area contributed by atoms with Gasteiger partial charge in [-0.15, -0.1) is 0 Å². The van der Waals surface area contributed by atoms with Crippen molar-refractivity contribution in [3.8, 4) is 0 Å². The Morgan fingerprint density at radius 1 is 1.61 bits per heavy atom. The van der Waals surface area contributed by atoms with E-state index in [1.165, 1.54) is 5.75 Å². The van der Waals surface area contributed by atoms with Gasteiger partial charge in [0.15, 0.2) is 0 Å². The maximum atomic E-state index is 11.3. The second-order valence-corrected chi connectivity index (χ2v) is 7.26. The SMILES string of the molecule is CC(C)(CNC1CCOC2(CCSC2)C1)C(N)=O. The largest absolute Gasteiger partial charge is 0.374 e. The molecule has 0 aromatic rings. The number of primary amides is 1. The van der Waals surface area contributed by atoms with Crippen molar-refractivity contribution in [2.75, 3.05) is 24.7 Å². The lowest BCUT2D eigenvalue weighted by Gasteiger charge is -2.39. The Kier molecular flexibility index (Phi) is 4.24. The maximum Gasteiger partial charge on any atom is 0.224 e. The average molecular weight is 272 g/mol. The molecule has 0 aliphatic carbocycles. The zero-order valence-electron chi connectivity index (χ0n) is 11.3. The number of amides is 1. The first-order chi connectivity index (χ1) is 8.44. The van der Waals surface area contributed by atoms with Gasteiger partial charge in [-0.05, 0) is 38.9 Å². The van der Waals surface area contributed by atoms with Crippen LogP contribution in [-0.2, 0) is 9.53 Å². The number of hydrogen-bond donors (Lipinski definition) is 2. The molecule has 1 spiro atoms. The van der Waals surface area contributed by atoms with Crippen LogP contribution >= 0.6 is 11.8 Å². The van der Waals surface area contributed by atoms with Crippen molar-refractivity contribution in [2.45, 2.75) is 44.8 Å². The normalized spacial score (nSPS) is 32.9. The molecule has 2 aliphatic rings. The molecule has 2 unspecified atom stereocenters. The fraction of sp³-hybridized carbons (Fsp3) is 0.923. The van der Waals surface area contributed by atoms with Gasteiger partial charge in [-0.2, -0.15) is 11.8 Å². The Morgan fingerprint density at radius 2 is 2.39 bits per heavy atom. The highest BCUT2D eigenvalue weighted by molar-refractivity contribution is 7.99. The van der Waals surface area contributed by atoms with E-state index in [0.29, 0.717) is 12.6 Å². The van der Waals surface area contributed by atoms with Crippen molar-refractivity contribution in [3.63, 3.8) is 0 Å². The third kappa shape index (κ3) is 3.19. The Morgan fingerprint density at radius 3 is 3.00 bits per heavy atom. The van der Waals surface area contributed by atoms with Crippen LogP contribution in [0.3, 0.4) is 0 Å². The fourth-order valence-electron chi connectivity index (χ4n) is 2.55. The molecule has 2 rings (SSSR count). The van der Waals surface area contributed by atoms with Gasteiger partial charge in [0.05, 0.1) is 11.0 Å². The molecule has 2 heterocycles. The molecule has 3 N–H and O–H groups in total. The van der Waals surface area contributed by atoms with Crippen molar-refractivity contribution in [1.82, 2.24) is 5.32 Å². The van der Waals surface area contributed by atoms with Gasteiger partial charge < -0.3 is 15.8 Å². The summed E-state index contributed by atoms with van der Waals surface area (Å²) in [6.45, 7) is 5.26. The van der Waals surface area contributed by atoms with E-state index >= 15 is 0 Å². The lowest BCUT2D eigenvalue weighted by molar-refractivity contribution is -0.126. The Labute approximate surface area is 113 Å².